The van der Waals surface area contributed by atoms with Gasteiger partial charge in [-0.25, -0.2) is 14.4 Å². The van der Waals surface area contributed by atoms with Gasteiger partial charge in [-0.3, -0.25) is 20.2 Å². The van der Waals surface area contributed by atoms with Crippen molar-refractivity contribution in [3.63, 3.8) is 0 Å². The van der Waals surface area contributed by atoms with Crippen LogP contribution in [0.4, 0.5) is 4.79 Å². The number of benzene rings is 1. The molecule has 122 valence electrons. The van der Waals surface area contributed by atoms with Crippen molar-refractivity contribution in [1.82, 2.24) is 10.6 Å². The van der Waals surface area contributed by atoms with Crippen LogP contribution in [-0.2, 0) is 24.6 Å². The quantitative estimate of drug-likeness (QED) is 0.437. The average Bonchev–Trinajstić information content (AvgIpc) is 2.49. The highest BCUT2D eigenvalue weighted by molar-refractivity contribution is 6.27. The Hall–Kier alpha value is -3.23. The van der Waals surface area contributed by atoms with Gasteiger partial charge in [-0.15, -0.1) is 0 Å². The zero-order valence-corrected chi connectivity index (χ0v) is 12.0. The van der Waals surface area contributed by atoms with E-state index >= 15 is 0 Å². The van der Waals surface area contributed by atoms with Gasteiger partial charge in [-0.05, 0) is 12.0 Å². The third kappa shape index (κ3) is 3.70. The molecule has 1 heterocycles. The van der Waals surface area contributed by atoms with E-state index in [1.807, 2.05) is 0 Å². The molecule has 4 amide bonds. The molecule has 0 bridgehead atoms. The SMILES string of the molecule is CCC1(c2ccccc2)C(=O)NC(=O)NC1=O.O=C(O)C(=O)O. The highest BCUT2D eigenvalue weighted by atomic mass is 16.4. The number of barbiturate groups is 1. The van der Waals surface area contributed by atoms with Crippen LogP contribution >= 0.6 is 0 Å². The molecule has 1 aliphatic rings. The minimum atomic E-state index is -1.82. The van der Waals surface area contributed by atoms with Gasteiger partial charge in [0, 0.05) is 0 Å². The highest BCUT2D eigenvalue weighted by Gasteiger charge is 2.50. The lowest BCUT2D eigenvalue weighted by Gasteiger charge is -2.33. The van der Waals surface area contributed by atoms with E-state index in [0.29, 0.717) is 12.0 Å². The lowest BCUT2D eigenvalue weighted by Crippen LogP contribution is -2.64. The van der Waals surface area contributed by atoms with Gasteiger partial charge in [0.25, 0.3) is 0 Å². The summed E-state index contributed by atoms with van der Waals surface area (Å²) in [6.45, 7) is 1.74. The predicted octanol–water partition coefficient (Wildman–Crippen LogP) is -0.144. The zero-order chi connectivity index (χ0) is 17.6. The Balaban J connectivity index is 0.000000379. The third-order valence-corrected chi connectivity index (χ3v) is 3.21. The van der Waals surface area contributed by atoms with Crippen molar-refractivity contribution in [3.05, 3.63) is 35.9 Å². The number of urea groups is 1. The third-order valence-electron chi connectivity index (χ3n) is 3.21. The fourth-order valence-electron chi connectivity index (χ4n) is 2.06. The molecule has 0 atom stereocenters. The summed E-state index contributed by atoms with van der Waals surface area (Å²) in [5.41, 5.74) is -0.722. The molecule has 1 aromatic rings. The molecule has 0 radical (unpaired) electrons. The van der Waals surface area contributed by atoms with Crippen molar-refractivity contribution in [2.24, 2.45) is 0 Å². The van der Waals surface area contributed by atoms with Crippen LogP contribution in [0.1, 0.15) is 18.9 Å². The number of rotatable bonds is 2. The summed E-state index contributed by atoms with van der Waals surface area (Å²) in [7, 11) is 0. The van der Waals surface area contributed by atoms with Crippen molar-refractivity contribution in [1.29, 1.82) is 0 Å². The first-order valence-electron chi connectivity index (χ1n) is 6.44. The first kappa shape index (κ1) is 17.8. The Morgan fingerprint density at radius 2 is 1.39 bits per heavy atom. The van der Waals surface area contributed by atoms with E-state index in [1.54, 1.807) is 37.3 Å². The fourth-order valence-corrected chi connectivity index (χ4v) is 2.06. The van der Waals surface area contributed by atoms with Crippen LogP contribution in [0, 0.1) is 0 Å². The van der Waals surface area contributed by atoms with E-state index in [-0.39, 0.29) is 0 Å². The van der Waals surface area contributed by atoms with Gasteiger partial charge >= 0.3 is 18.0 Å². The fraction of sp³-hybridized carbons (Fsp3) is 0.214. The number of hydrogen-bond acceptors (Lipinski definition) is 5. The van der Waals surface area contributed by atoms with Crippen molar-refractivity contribution in [2.75, 3.05) is 0 Å². The number of carboxylic acids is 2. The summed E-state index contributed by atoms with van der Waals surface area (Å²) in [6, 6.07) is 7.96. The van der Waals surface area contributed by atoms with Crippen molar-refractivity contribution < 1.29 is 34.2 Å². The average molecular weight is 322 g/mol. The van der Waals surface area contributed by atoms with Crippen LogP contribution < -0.4 is 10.6 Å². The molecule has 2 rings (SSSR count). The molecule has 0 unspecified atom stereocenters. The van der Waals surface area contributed by atoms with Gasteiger partial charge in [0.15, 0.2) is 5.41 Å². The summed E-state index contributed by atoms with van der Waals surface area (Å²) >= 11 is 0. The molecule has 9 heteroatoms. The highest BCUT2D eigenvalue weighted by Crippen LogP contribution is 2.30. The normalized spacial score (nSPS) is 15.6. The summed E-state index contributed by atoms with van der Waals surface area (Å²) < 4.78 is 0. The van der Waals surface area contributed by atoms with Crippen LogP contribution in [0.2, 0.25) is 0 Å². The van der Waals surface area contributed by atoms with Crippen LogP contribution in [0.3, 0.4) is 0 Å². The van der Waals surface area contributed by atoms with Gasteiger partial charge < -0.3 is 10.2 Å². The van der Waals surface area contributed by atoms with Crippen molar-refractivity contribution in [3.8, 4) is 0 Å². The Bertz CT molecular complexity index is 622. The molecule has 1 saturated heterocycles. The Morgan fingerprint density at radius 1 is 0.957 bits per heavy atom. The van der Waals surface area contributed by atoms with Crippen LogP contribution in [0.25, 0.3) is 0 Å². The van der Waals surface area contributed by atoms with Gasteiger partial charge in [0.05, 0.1) is 0 Å². The Morgan fingerprint density at radius 3 is 1.74 bits per heavy atom. The number of carboxylic acid groups (broad SMARTS) is 2. The second kappa shape index (κ2) is 7.16. The second-order valence-corrected chi connectivity index (χ2v) is 4.47. The van der Waals surface area contributed by atoms with Crippen molar-refractivity contribution >= 4 is 29.8 Å². The number of imide groups is 2. The van der Waals surface area contributed by atoms with Gasteiger partial charge in [-0.1, -0.05) is 37.3 Å². The number of nitrogens with one attached hydrogen (secondary N) is 2. The van der Waals surface area contributed by atoms with E-state index in [4.69, 9.17) is 19.8 Å². The first-order chi connectivity index (χ1) is 10.8. The molecule has 1 aromatic carbocycles. The van der Waals surface area contributed by atoms with Crippen LogP contribution in [0.15, 0.2) is 30.3 Å². The van der Waals surface area contributed by atoms with Crippen LogP contribution in [0.5, 0.6) is 0 Å². The largest absolute Gasteiger partial charge is 0.473 e. The van der Waals surface area contributed by atoms with E-state index in [0.717, 1.165) is 0 Å². The monoisotopic (exact) mass is 322 g/mol. The molecule has 1 fully saturated rings. The number of carbonyl (C=O) groups excluding carboxylic acids is 3. The maximum Gasteiger partial charge on any atom is 0.414 e. The minimum Gasteiger partial charge on any atom is -0.473 e. The molecule has 0 spiro atoms. The molecule has 4 N–H and O–H groups in total. The maximum absolute atomic E-state index is 12.0. The Labute approximate surface area is 130 Å². The van der Waals surface area contributed by atoms with E-state index in [2.05, 4.69) is 10.6 Å². The molecule has 0 aromatic heterocycles. The van der Waals surface area contributed by atoms with Gasteiger partial charge in [-0.2, -0.15) is 0 Å². The molecule has 9 nitrogen and oxygen atoms in total. The van der Waals surface area contributed by atoms with Crippen LogP contribution in [-0.4, -0.2) is 40.0 Å². The van der Waals surface area contributed by atoms with E-state index in [1.165, 1.54) is 0 Å². The summed E-state index contributed by atoms with van der Waals surface area (Å²) in [5.74, 6) is -4.79. The molecule has 23 heavy (non-hydrogen) atoms. The smallest absolute Gasteiger partial charge is 0.414 e. The number of hydrogen-bond donors (Lipinski definition) is 4. The lowest BCUT2D eigenvalue weighted by atomic mass is 9.75. The number of amides is 4. The first-order valence-corrected chi connectivity index (χ1v) is 6.44. The molecule has 1 aliphatic heterocycles. The molecule has 0 saturated carbocycles. The van der Waals surface area contributed by atoms with Gasteiger partial charge in [0.2, 0.25) is 11.8 Å². The van der Waals surface area contributed by atoms with E-state index in [9.17, 15) is 14.4 Å². The topological polar surface area (TPSA) is 150 Å². The summed E-state index contributed by atoms with van der Waals surface area (Å²) in [6.07, 6.45) is 0.294. The summed E-state index contributed by atoms with van der Waals surface area (Å²) in [5, 5.41) is 19.1. The Kier molecular flexibility index (Phi) is 5.55. The minimum absolute atomic E-state index is 0.294. The number of carbonyl (C=O) groups is 5. The van der Waals surface area contributed by atoms with Crippen molar-refractivity contribution in [2.45, 2.75) is 18.8 Å². The molecular formula is C14H14N2O7. The predicted molar refractivity (Wildman–Crippen MR) is 75.4 cm³/mol. The molecular weight excluding hydrogens is 308 g/mol. The standard InChI is InChI=1S/C12H12N2O3.C2H2O4/c1-2-12(8-6-4-3-5-7-8)9(15)13-11(17)14-10(12)16;3-1(4)2(5)6/h3-7H,2H2,1H3,(H2,13,14,15,16,17);(H,3,4)(H,5,6). The summed E-state index contributed by atoms with van der Waals surface area (Å²) in [4.78, 5) is 53.2. The van der Waals surface area contributed by atoms with Gasteiger partial charge in [0.1, 0.15) is 0 Å². The lowest BCUT2D eigenvalue weighted by molar-refractivity contribution is -0.159. The van der Waals surface area contributed by atoms with E-state index < -0.39 is 35.2 Å². The zero-order valence-electron chi connectivity index (χ0n) is 12.0. The maximum atomic E-state index is 12.0. The molecule has 0 aliphatic carbocycles. The number of aliphatic carboxylic acids is 2. The second-order valence-electron chi connectivity index (χ2n) is 4.47.